The van der Waals surface area contributed by atoms with Crippen LogP contribution in [0.5, 0.6) is 11.6 Å². The molecule has 3 heterocycles. The molecular formula is C23H23F3N4O2. The molecule has 1 aliphatic rings. The number of amides is 1. The number of likely N-dealkylation sites (tertiary alicyclic amines) is 1. The van der Waals surface area contributed by atoms with Crippen molar-refractivity contribution in [3.05, 3.63) is 59.9 Å². The third-order valence-corrected chi connectivity index (χ3v) is 5.34. The number of hydrogen-bond donors (Lipinski definition) is 1. The molecule has 1 amide bonds. The van der Waals surface area contributed by atoms with Gasteiger partial charge in [-0.05, 0) is 56.3 Å². The number of ether oxygens (including phenoxy) is 1. The molecule has 1 N–H and O–H groups in total. The second-order valence-electron chi connectivity index (χ2n) is 7.69. The van der Waals surface area contributed by atoms with Gasteiger partial charge in [0.1, 0.15) is 11.4 Å². The van der Waals surface area contributed by atoms with Gasteiger partial charge in [-0.25, -0.2) is 9.97 Å². The van der Waals surface area contributed by atoms with Crippen molar-refractivity contribution in [2.45, 2.75) is 25.4 Å². The number of nitrogens with one attached hydrogen (secondary N) is 1. The predicted molar refractivity (Wildman–Crippen MR) is 114 cm³/mol. The van der Waals surface area contributed by atoms with Gasteiger partial charge in [0.05, 0.1) is 11.1 Å². The van der Waals surface area contributed by atoms with E-state index < -0.39 is 11.7 Å². The van der Waals surface area contributed by atoms with Gasteiger partial charge in [-0.1, -0.05) is 12.5 Å². The number of pyridine rings is 2. The lowest BCUT2D eigenvalue weighted by molar-refractivity contribution is -0.137. The molecule has 4 rings (SSSR count). The summed E-state index contributed by atoms with van der Waals surface area (Å²) in [5.41, 5.74) is 0.102. The summed E-state index contributed by atoms with van der Waals surface area (Å²) in [6, 6.07) is 10.5. The van der Waals surface area contributed by atoms with E-state index in [0.29, 0.717) is 23.5 Å². The Morgan fingerprint density at radius 2 is 1.88 bits per heavy atom. The highest BCUT2D eigenvalue weighted by atomic mass is 19.4. The third-order valence-electron chi connectivity index (χ3n) is 5.34. The highest BCUT2D eigenvalue weighted by Crippen LogP contribution is 2.30. The first-order valence-corrected chi connectivity index (χ1v) is 10.5. The zero-order chi connectivity index (χ0) is 22.6. The summed E-state index contributed by atoms with van der Waals surface area (Å²) >= 11 is 0. The third kappa shape index (κ3) is 5.53. The van der Waals surface area contributed by atoms with Gasteiger partial charge in [0, 0.05) is 30.7 Å². The fourth-order valence-electron chi connectivity index (χ4n) is 3.62. The molecule has 0 aliphatic carbocycles. The summed E-state index contributed by atoms with van der Waals surface area (Å²) in [5, 5.41) is 3.65. The van der Waals surface area contributed by atoms with E-state index in [2.05, 4.69) is 20.2 Å². The van der Waals surface area contributed by atoms with Crippen molar-refractivity contribution < 1.29 is 22.7 Å². The Hall–Kier alpha value is -3.20. The van der Waals surface area contributed by atoms with Gasteiger partial charge in [0.25, 0.3) is 5.91 Å². The lowest BCUT2D eigenvalue weighted by Crippen LogP contribution is -2.37. The normalized spacial score (nSPS) is 15.0. The molecule has 0 radical (unpaired) electrons. The maximum absolute atomic E-state index is 12.6. The number of carbonyl (C=O) groups excluding carboxylic acids is 1. The molecule has 32 heavy (non-hydrogen) atoms. The molecular weight excluding hydrogens is 421 g/mol. The number of alkyl halides is 3. The molecule has 0 atom stereocenters. The van der Waals surface area contributed by atoms with Crippen molar-refractivity contribution in [2.75, 3.05) is 26.2 Å². The van der Waals surface area contributed by atoms with E-state index in [0.717, 1.165) is 37.3 Å². The fraction of sp³-hybridized carbons (Fsp3) is 0.348. The van der Waals surface area contributed by atoms with Crippen LogP contribution in [-0.2, 0) is 6.18 Å². The molecule has 3 aromatic rings. The molecule has 0 bridgehead atoms. The highest BCUT2D eigenvalue weighted by molar-refractivity contribution is 5.95. The molecule has 6 nitrogen and oxygen atoms in total. The van der Waals surface area contributed by atoms with Crippen LogP contribution in [0.1, 0.15) is 35.3 Å². The first kappa shape index (κ1) is 22.0. The lowest BCUT2D eigenvalue weighted by Gasteiger charge is -2.26. The van der Waals surface area contributed by atoms with Gasteiger partial charge < -0.3 is 15.0 Å². The summed E-state index contributed by atoms with van der Waals surface area (Å²) in [6.45, 7) is 3.57. The van der Waals surface area contributed by atoms with Crippen molar-refractivity contribution in [1.29, 1.82) is 0 Å². The molecule has 9 heteroatoms. The van der Waals surface area contributed by atoms with E-state index in [9.17, 15) is 18.0 Å². The summed E-state index contributed by atoms with van der Waals surface area (Å²) in [7, 11) is 0. The van der Waals surface area contributed by atoms with Gasteiger partial charge in [0.15, 0.2) is 0 Å². The predicted octanol–water partition coefficient (Wildman–Crippen LogP) is 4.66. The maximum Gasteiger partial charge on any atom is 0.417 e. The minimum atomic E-state index is -4.45. The Bertz CT molecular complexity index is 1080. The van der Waals surface area contributed by atoms with Crippen LogP contribution < -0.4 is 10.1 Å². The summed E-state index contributed by atoms with van der Waals surface area (Å²) in [5.74, 6) is 0.235. The zero-order valence-electron chi connectivity index (χ0n) is 17.4. The van der Waals surface area contributed by atoms with E-state index in [4.69, 9.17) is 4.74 Å². The smallest absolute Gasteiger partial charge is 0.417 e. The number of piperidine rings is 1. The van der Waals surface area contributed by atoms with Crippen molar-refractivity contribution in [3.8, 4) is 11.6 Å². The van der Waals surface area contributed by atoms with E-state index in [1.807, 2.05) is 0 Å². The number of carbonyl (C=O) groups is 1. The molecule has 0 unspecified atom stereocenters. The second kappa shape index (κ2) is 9.52. The van der Waals surface area contributed by atoms with E-state index in [1.165, 1.54) is 25.3 Å². The first-order valence-electron chi connectivity index (χ1n) is 10.5. The Morgan fingerprint density at radius 1 is 1.06 bits per heavy atom. The van der Waals surface area contributed by atoms with Crippen LogP contribution in [0.4, 0.5) is 13.2 Å². The van der Waals surface area contributed by atoms with Gasteiger partial charge in [-0.2, -0.15) is 13.2 Å². The average Bonchev–Trinajstić information content (AvgIpc) is 2.79. The van der Waals surface area contributed by atoms with Crippen molar-refractivity contribution in [3.63, 3.8) is 0 Å². The molecule has 168 valence electrons. The number of nitrogens with zero attached hydrogens (tertiary/aromatic N) is 3. The summed E-state index contributed by atoms with van der Waals surface area (Å²) < 4.78 is 43.5. The number of rotatable bonds is 6. The van der Waals surface area contributed by atoms with Crippen LogP contribution in [0.3, 0.4) is 0 Å². The minimum absolute atomic E-state index is 0.0509. The van der Waals surface area contributed by atoms with Gasteiger partial charge in [-0.3, -0.25) is 4.79 Å². The largest absolute Gasteiger partial charge is 0.439 e. The topological polar surface area (TPSA) is 67.4 Å². The number of halogens is 3. The van der Waals surface area contributed by atoms with Crippen LogP contribution in [0.15, 0.2) is 48.7 Å². The van der Waals surface area contributed by atoms with Crippen LogP contribution >= 0.6 is 0 Å². The van der Waals surface area contributed by atoms with Crippen molar-refractivity contribution in [1.82, 2.24) is 20.2 Å². The summed E-state index contributed by atoms with van der Waals surface area (Å²) in [6.07, 6.45) is -0.0229. The molecule has 2 aromatic heterocycles. The average molecular weight is 444 g/mol. The number of fused-ring (bicyclic) bond motifs is 1. The van der Waals surface area contributed by atoms with Crippen LogP contribution in [-0.4, -0.2) is 47.0 Å². The zero-order valence-corrected chi connectivity index (χ0v) is 17.4. The van der Waals surface area contributed by atoms with E-state index in [-0.39, 0.29) is 11.8 Å². The van der Waals surface area contributed by atoms with Crippen LogP contribution in [0.25, 0.3) is 10.9 Å². The van der Waals surface area contributed by atoms with E-state index in [1.54, 1.807) is 30.3 Å². The van der Waals surface area contributed by atoms with Crippen LogP contribution in [0.2, 0.25) is 0 Å². The number of benzene rings is 1. The second-order valence-corrected chi connectivity index (χ2v) is 7.69. The summed E-state index contributed by atoms with van der Waals surface area (Å²) in [4.78, 5) is 22.9. The standard InChI is InChI=1S/C23H23F3N4O2/c24-23(25,26)17-5-9-21(28-15-17)32-18-6-8-19-16(14-18)4-7-20(29-19)22(31)27-10-13-30-11-2-1-3-12-30/h4-9,14-15H,1-3,10-13H2,(H,27,31). The Balaban J connectivity index is 1.37. The minimum Gasteiger partial charge on any atom is -0.439 e. The molecule has 1 aromatic carbocycles. The number of aromatic nitrogens is 2. The molecule has 1 saturated heterocycles. The molecule has 1 aliphatic heterocycles. The SMILES string of the molecule is O=C(NCCN1CCCCC1)c1ccc2cc(Oc3ccc(C(F)(F)F)cn3)ccc2n1. The highest BCUT2D eigenvalue weighted by Gasteiger charge is 2.30. The molecule has 1 fully saturated rings. The lowest BCUT2D eigenvalue weighted by atomic mass is 10.1. The van der Waals surface area contributed by atoms with Gasteiger partial charge >= 0.3 is 6.18 Å². The Kier molecular flexibility index (Phi) is 6.55. The maximum atomic E-state index is 12.6. The quantitative estimate of drug-likeness (QED) is 0.599. The Morgan fingerprint density at radius 3 is 2.59 bits per heavy atom. The fourth-order valence-corrected chi connectivity index (χ4v) is 3.62. The van der Waals surface area contributed by atoms with E-state index >= 15 is 0 Å². The Labute approximate surface area is 183 Å². The van der Waals surface area contributed by atoms with Crippen molar-refractivity contribution in [2.24, 2.45) is 0 Å². The molecule has 0 saturated carbocycles. The number of hydrogen-bond acceptors (Lipinski definition) is 5. The first-order chi connectivity index (χ1) is 15.4. The molecule has 0 spiro atoms. The van der Waals surface area contributed by atoms with Crippen molar-refractivity contribution >= 4 is 16.8 Å². The van der Waals surface area contributed by atoms with Crippen LogP contribution in [0, 0.1) is 0 Å². The van der Waals surface area contributed by atoms with Gasteiger partial charge in [-0.15, -0.1) is 0 Å². The van der Waals surface area contributed by atoms with Gasteiger partial charge in [0.2, 0.25) is 5.88 Å². The monoisotopic (exact) mass is 444 g/mol.